The molecule has 2 rings (SSSR count). The minimum atomic E-state index is -0.192. The van der Waals surface area contributed by atoms with Crippen LogP contribution in [0.5, 0.6) is 0 Å². The highest BCUT2D eigenvalue weighted by atomic mass is 19.1. The molecule has 1 aliphatic heterocycles. The van der Waals surface area contributed by atoms with E-state index < -0.39 is 0 Å². The van der Waals surface area contributed by atoms with Crippen LogP contribution in [0.15, 0.2) is 18.2 Å². The van der Waals surface area contributed by atoms with E-state index in [0.717, 1.165) is 44.3 Å². The molecule has 1 N–H and O–H groups in total. The van der Waals surface area contributed by atoms with Crippen molar-refractivity contribution in [2.75, 3.05) is 31.6 Å². The van der Waals surface area contributed by atoms with E-state index in [1.165, 1.54) is 6.07 Å². The first-order valence-electron chi connectivity index (χ1n) is 8.54. The number of unbranched alkanes of at least 4 members (excludes halogenated alkanes) is 1. The Kier molecular flexibility index (Phi) is 6.25. The average molecular weight is 321 g/mol. The fourth-order valence-electron chi connectivity index (χ4n) is 2.96. The number of carbonyl (C=O) groups is 1. The molecule has 0 aliphatic carbocycles. The SMILES string of the molecule is CCCCN(C)C(=O)NC1CCCN(c2cc(C)ccc2F)C1. The molecule has 1 heterocycles. The Labute approximate surface area is 138 Å². The van der Waals surface area contributed by atoms with Crippen LogP contribution in [0.1, 0.15) is 38.2 Å². The maximum atomic E-state index is 14.1. The molecule has 0 spiro atoms. The third-order valence-corrected chi connectivity index (χ3v) is 4.39. The summed E-state index contributed by atoms with van der Waals surface area (Å²) < 4.78 is 14.1. The summed E-state index contributed by atoms with van der Waals surface area (Å²) in [6.45, 7) is 6.34. The summed E-state index contributed by atoms with van der Waals surface area (Å²) in [6, 6.07) is 5.22. The molecule has 0 saturated carbocycles. The van der Waals surface area contributed by atoms with E-state index >= 15 is 0 Å². The number of amides is 2. The minimum Gasteiger partial charge on any atom is -0.367 e. The van der Waals surface area contributed by atoms with Crippen molar-refractivity contribution in [3.8, 4) is 0 Å². The van der Waals surface area contributed by atoms with Crippen LogP contribution in [0.3, 0.4) is 0 Å². The lowest BCUT2D eigenvalue weighted by atomic mass is 10.0. The zero-order valence-electron chi connectivity index (χ0n) is 14.4. The second-order valence-corrected chi connectivity index (χ2v) is 6.46. The zero-order chi connectivity index (χ0) is 16.8. The van der Waals surface area contributed by atoms with Crippen molar-refractivity contribution >= 4 is 11.7 Å². The van der Waals surface area contributed by atoms with E-state index in [1.807, 2.05) is 24.9 Å². The molecule has 1 aromatic rings. The number of rotatable bonds is 5. The second-order valence-electron chi connectivity index (χ2n) is 6.46. The van der Waals surface area contributed by atoms with Crippen molar-refractivity contribution in [3.63, 3.8) is 0 Å². The predicted molar refractivity (Wildman–Crippen MR) is 92.4 cm³/mol. The minimum absolute atomic E-state index is 0.0324. The molecule has 1 saturated heterocycles. The van der Waals surface area contributed by atoms with Crippen molar-refractivity contribution in [1.29, 1.82) is 0 Å². The van der Waals surface area contributed by atoms with Crippen LogP contribution >= 0.6 is 0 Å². The number of benzene rings is 1. The summed E-state index contributed by atoms with van der Waals surface area (Å²) >= 11 is 0. The van der Waals surface area contributed by atoms with Crippen LogP contribution in [0.25, 0.3) is 0 Å². The fraction of sp³-hybridized carbons (Fsp3) is 0.611. The van der Waals surface area contributed by atoms with Crippen molar-refractivity contribution in [1.82, 2.24) is 10.2 Å². The van der Waals surface area contributed by atoms with Crippen LogP contribution in [0, 0.1) is 12.7 Å². The number of carbonyl (C=O) groups excluding carboxylic acids is 1. The molecule has 0 radical (unpaired) electrons. The van der Waals surface area contributed by atoms with Gasteiger partial charge in [0.15, 0.2) is 0 Å². The van der Waals surface area contributed by atoms with Crippen LogP contribution in [-0.2, 0) is 0 Å². The van der Waals surface area contributed by atoms with Gasteiger partial charge in [0, 0.05) is 32.7 Å². The van der Waals surface area contributed by atoms with Gasteiger partial charge in [0.1, 0.15) is 5.82 Å². The van der Waals surface area contributed by atoms with Gasteiger partial charge in [-0.05, 0) is 43.9 Å². The lowest BCUT2D eigenvalue weighted by Gasteiger charge is -2.35. The van der Waals surface area contributed by atoms with E-state index in [2.05, 4.69) is 12.2 Å². The topological polar surface area (TPSA) is 35.6 Å². The summed E-state index contributed by atoms with van der Waals surface area (Å²) in [7, 11) is 1.83. The van der Waals surface area contributed by atoms with Gasteiger partial charge in [-0.15, -0.1) is 0 Å². The standard InChI is InChI=1S/C18H28FN3O/c1-4-5-10-21(3)18(23)20-15-7-6-11-22(13-15)17-12-14(2)8-9-16(17)19/h8-9,12,15H,4-7,10-11,13H2,1-3H3,(H,20,23). The largest absolute Gasteiger partial charge is 0.367 e. The van der Waals surface area contributed by atoms with E-state index in [4.69, 9.17) is 0 Å². The maximum absolute atomic E-state index is 14.1. The van der Waals surface area contributed by atoms with Gasteiger partial charge in [0.05, 0.1) is 5.69 Å². The highest BCUT2D eigenvalue weighted by molar-refractivity contribution is 5.74. The van der Waals surface area contributed by atoms with Crippen molar-refractivity contribution in [2.24, 2.45) is 0 Å². The number of anilines is 1. The lowest BCUT2D eigenvalue weighted by Crippen LogP contribution is -2.51. The molecule has 5 heteroatoms. The van der Waals surface area contributed by atoms with Crippen LogP contribution in [-0.4, -0.2) is 43.7 Å². The Balaban J connectivity index is 1.95. The molecule has 1 aromatic carbocycles. The van der Waals surface area contributed by atoms with Gasteiger partial charge in [-0.2, -0.15) is 0 Å². The highest BCUT2D eigenvalue weighted by Crippen LogP contribution is 2.24. The first-order chi connectivity index (χ1) is 11.0. The fourth-order valence-corrected chi connectivity index (χ4v) is 2.96. The summed E-state index contributed by atoms with van der Waals surface area (Å²) in [5.41, 5.74) is 1.69. The molecule has 0 aromatic heterocycles. The molecule has 1 atom stereocenters. The molecule has 128 valence electrons. The Hall–Kier alpha value is -1.78. The number of hydrogen-bond donors (Lipinski definition) is 1. The number of nitrogens with zero attached hydrogens (tertiary/aromatic N) is 2. The summed E-state index contributed by atoms with van der Waals surface area (Å²) in [6.07, 6.45) is 3.98. The van der Waals surface area contributed by atoms with Gasteiger partial charge in [-0.1, -0.05) is 19.4 Å². The van der Waals surface area contributed by atoms with Gasteiger partial charge in [-0.25, -0.2) is 9.18 Å². The van der Waals surface area contributed by atoms with Crippen LogP contribution in [0.4, 0.5) is 14.9 Å². The number of urea groups is 1. The van der Waals surface area contributed by atoms with Crippen molar-refractivity contribution in [3.05, 3.63) is 29.6 Å². The number of nitrogens with one attached hydrogen (secondary N) is 1. The quantitative estimate of drug-likeness (QED) is 0.900. The molecule has 2 amide bonds. The highest BCUT2D eigenvalue weighted by Gasteiger charge is 2.24. The van der Waals surface area contributed by atoms with E-state index in [-0.39, 0.29) is 17.9 Å². The number of aryl methyl sites for hydroxylation is 1. The first kappa shape index (κ1) is 17.6. The Morgan fingerprint density at radius 3 is 3.00 bits per heavy atom. The molecule has 1 aliphatic rings. The number of hydrogen-bond acceptors (Lipinski definition) is 2. The van der Waals surface area contributed by atoms with Crippen molar-refractivity contribution < 1.29 is 9.18 Å². The average Bonchev–Trinajstić information content (AvgIpc) is 2.55. The smallest absolute Gasteiger partial charge is 0.317 e. The summed E-state index contributed by atoms with van der Waals surface area (Å²) in [5, 5.41) is 3.08. The van der Waals surface area contributed by atoms with E-state index in [9.17, 15) is 9.18 Å². The molecule has 23 heavy (non-hydrogen) atoms. The molecular formula is C18H28FN3O. The summed E-state index contributed by atoms with van der Waals surface area (Å²) in [5.74, 6) is -0.192. The third kappa shape index (κ3) is 4.85. The predicted octanol–water partition coefficient (Wildman–Crippen LogP) is 3.54. The van der Waals surface area contributed by atoms with Gasteiger partial charge in [-0.3, -0.25) is 0 Å². The van der Waals surface area contributed by atoms with E-state index in [1.54, 1.807) is 11.0 Å². The summed E-state index contributed by atoms with van der Waals surface area (Å²) in [4.78, 5) is 16.0. The van der Waals surface area contributed by atoms with Gasteiger partial charge < -0.3 is 15.1 Å². The van der Waals surface area contributed by atoms with Gasteiger partial charge in [0.25, 0.3) is 0 Å². The van der Waals surface area contributed by atoms with Crippen molar-refractivity contribution in [2.45, 2.75) is 45.6 Å². The van der Waals surface area contributed by atoms with E-state index in [0.29, 0.717) is 12.2 Å². The molecular weight excluding hydrogens is 293 g/mol. The lowest BCUT2D eigenvalue weighted by molar-refractivity contribution is 0.202. The van der Waals surface area contributed by atoms with Gasteiger partial charge in [0.2, 0.25) is 0 Å². The first-order valence-corrected chi connectivity index (χ1v) is 8.54. The molecule has 4 nitrogen and oxygen atoms in total. The monoisotopic (exact) mass is 321 g/mol. The Morgan fingerprint density at radius 2 is 2.26 bits per heavy atom. The normalized spacial score (nSPS) is 17.9. The second kappa shape index (κ2) is 8.18. The van der Waals surface area contributed by atoms with Crippen LogP contribution < -0.4 is 10.2 Å². The third-order valence-electron chi connectivity index (χ3n) is 4.39. The molecule has 1 unspecified atom stereocenters. The molecule has 0 bridgehead atoms. The number of halogens is 1. The molecule has 1 fully saturated rings. The Morgan fingerprint density at radius 1 is 1.48 bits per heavy atom. The van der Waals surface area contributed by atoms with Crippen LogP contribution in [0.2, 0.25) is 0 Å². The zero-order valence-corrected chi connectivity index (χ0v) is 14.4. The number of piperidine rings is 1. The Bertz CT molecular complexity index is 535. The maximum Gasteiger partial charge on any atom is 0.317 e. The van der Waals surface area contributed by atoms with Gasteiger partial charge >= 0.3 is 6.03 Å².